The zero-order valence-electron chi connectivity index (χ0n) is 10.6. The average molecular weight is 253 g/mol. The molecule has 1 amide bonds. The number of rotatable bonds is 4. The minimum absolute atomic E-state index is 0.0893. The topological polar surface area (TPSA) is 78.6 Å². The summed E-state index contributed by atoms with van der Waals surface area (Å²) in [5.74, 6) is 0.692. The Labute approximate surface area is 106 Å². The van der Waals surface area contributed by atoms with Crippen LogP contribution in [0, 0.1) is 12.8 Å². The number of carbonyl (C=O) groups excluding carboxylic acids is 1. The summed E-state index contributed by atoms with van der Waals surface area (Å²) < 4.78 is 4.93. The van der Waals surface area contributed by atoms with Gasteiger partial charge in [0.2, 0.25) is 11.8 Å². The third-order valence-corrected chi connectivity index (χ3v) is 3.22. The summed E-state index contributed by atoms with van der Waals surface area (Å²) in [6.45, 7) is 4.12. The molecule has 0 atom stereocenters. The Balaban J connectivity index is 1.75. The van der Waals surface area contributed by atoms with E-state index in [-0.39, 0.29) is 12.5 Å². The maximum absolute atomic E-state index is 11.8. The summed E-state index contributed by atoms with van der Waals surface area (Å²) in [6, 6.07) is 1.69. The van der Waals surface area contributed by atoms with Crippen molar-refractivity contribution in [1.29, 1.82) is 0 Å². The van der Waals surface area contributed by atoms with E-state index < -0.39 is 0 Å². The molecule has 0 aromatic carbocycles. The number of nitrogens with zero attached hydrogens (tertiary/aromatic N) is 2. The smallest absolute Gasteiger partial charge is 0.240 e. The molecule has 1 aliphatic rings. The number of hydrogen-bond acceptors (Lipinski definition) is 5. The molecular formula is C12H19N3O3. The molecule has 1 saturated heterocycles. The van der Waals surface area contributed by atoms with Gasteiger partial charge < -0.3 is 9.63 Å². The standard InChI is InChI=1S/C12H19N3O3/c1-9-6-12(18-14-9)13-11(17)7-15-4-2-10(8-16)3-5-15/h6,10,16H,2-5,7-8H2,1H3,(H,13,17). The monoisotopic (exact) mass is 253 g/mol. The highest BCUT2D eigenvalue weighted by Gasteiger charge is 2.20. The number of nitrogens with one attached hydrogen (secondary N) is 1. The first-order valence-electron chi connectivity index (χ1n) is 6.23. The van der Waals surface area contributed by atoms with E-state index in [4.69, 9.17) is 9.63 Å². The highest BCUT2D eigenvalue weighted by atomic mass is 16.5. The van der Waals surface area contributed by atoms with Gasteiger partial charge in [-0.2, -0.15) is 0 Å². The van der Waals surface area contributed by atoms with Gasteiger partial charge >= 0.3 is 0 Å². The molecule has 0 radical (unpaired) electrons. The summed E-state index contributed by atoms with van der Waals surface area (Å²) in [5.41, 5.74) is 0.745. The van der Waals surface area contributed by atoms with Gasteiger partial charge in [-0.15, -0.1) is 0 Å². The van der Waals surface area contributed by atoms with E-state index in [9.17, 15) is 4.79 Å². The molecule has 2 heterocycles. The number of hydrogen-bond donors (Lipinski definition) is 2. The van der Waals surface area contributed by atoms with Gasteiger partial charge in [0.15, 0.2) is 0 Å². The highest BCUT2D eigenvalue weighted by Crippen LogP contribution is 2.16. The lowest BCUT2D eigenvalue weighted by atomic mass is 9.98. The van der Waals surface area contributed by atoms with Crippen LogP contribution in [0.15, 0.2) is 10.6 Å². The highest BCUT2D eigenvalue weighted by molar-refractivity contribution is 5.90. The quantitative estimate of drug-likeness (QED) is 0.822. The molecule has 0 bridgehead atoms. The number of likely N-dealkylation sites (tertiary alicyclic amines) is 1. The number of aromatic nitrogens is 1. The molecule has 1 aliphatic heterocycles. The SMILES string of the molecule is Cc1cc(NC(=O)CN2CCC(CO)CC2)on1. The van der Waals surface area contributed by atoms with E-state index in [0.29, 0.717) is 18.3 Å². The van der Waals surface area contributed by atoms with E-state index in [2.05, 4.69) is 15.4 Å². The van der Waals surface area contributed by atoms with Crippen molar-refractivity contribution in [3.8, 4) is 0 Å². The summed E-state index contributed by atoms with van der Waals surface area (Å²) >= 11 is 0. The molecular weight excluding hydrogens is 234 g/mol. The van der Waals surface area contributed by atoms with Gasteiger partial charge in [-0.3, -0.25) is 15.0 Å². The number of aliphatic hydroxyl groups excluding tert-OH is 1. The Bertz CT molecular complexity index is 397. The van der Waals surface area contributed by atoms with Crippen molar-refractivity contribution >= 4 is 11.8 Å². The lowest BCUT2D eigenvalue weighted by Gasteiger charge is -2.30. The van der Waals surface area contributed by atoms with Gasteiger partial charge in [-0.25, -0.2) is 0 Å². The fourth-order valence-corrected chi connectivity index (χ4v) is 2.13. The van der Waals surface area contributed by atoms with Crippen LogP contribution in [0.25, 0.3) is 0 Å². The summed E-state index contributed by atoms with van der Waals surface area (Å²) in [5, 5.41) is 15.4. The Hall–Kier alpha value is -1.40. The van der Waals surface area contributed by atoms with E-state index >= 15 is 0 Å². The normalized spacial score (nSPS) is 17.9. The van der Waals surface area contributed by atoms with Crippen LogP contribution < -0.4 is 5.32 Å². The van der Waals surface area contributed by atoms with Crippen LogP contribution in [-0.2, 0) is 4.79 Å². The molecule has 100 valence electrons. The number of piperidine rings is 1. The van der Waals surface area contributed by atoms with Crippen LogP contribution in [0.1, 0.15) is 18.5 Å². The van der Waals surface area contributed by atoms with Crippen molar-refractivity contribution in [2.75, 3.05) is 31.6 Å². The van der Waals surface area contributed by atoms with Crippen molar-refractivity contribution in [1.82, 2.24) is 10.1 Å². The lowest BCUT2D eigenvalue weighted by molar-refractivity contribution is -0.117. The summed E-state index contributed by atoms with van der Waals surface area (Å²) in [7, 11) is 0. The molecule has 2 N–H and O–H groups in total. The number of aliphatic hydroxyl groups is 1. The van der Waals surface area contributed by atoms with Gasteiger partial charge in [0, 0.05) is 12.7 Å². The Morgan fingerprint density at radius 3 is 2.89 bits per heavy atom. The number of anilines is 1. The van der Waals surface area contributed by atoms with Gasteiger partial charge in [0.05, 0.1) is 12.2 Å². The minimum Gasteiger partial charge on any atom is -0.396 e. The minimum atomic E-state index is -0.0893. The largest absolute Gasteiger partial charge is 0.396 e. The fraction of sp³-hybridized carbons (Fsp3) is 0.667. The van der Waals surface area contributed by atoms with Crippen molar-refractivity contribution in [2.45, 2.75) is 19.8 Å². The molecule has 0 aliphatic carbocycles. The zero-order chi connectivity index (χ0) is 13.0. The molecule has 6 nitrogen and oxygen atoms in total. The van der Waals surface area contributed by atoms with Crippen molar-refractivity contribution < 1.29 is 14.4 Å². The van der Waals surface area contributed by atoms with Crippen LogP contribution in [0.2, 0.25) is 0 Å². The van der Waals surface area contributed by atoms with E-state index in [1.54, 1.807) is 13.0 Å². The first kappa shape index (κ1) is 13.0. The maximum Gasteiger partial charge on any atom is 0.240 e. The maximum atomic E-state index is 11.8. The molecule has 1 fully saturated rings. The fourth-order valence-electron chi connectivity index (χ4n) is 2.13. The van der Waals surface area contributed by atoms with Crippen LogP contribution in [0.5, 0.6) is 0 Å². The molecule has 0 spiro atoms. The Kier molecular flexibility index (Phi) is 4.33. The predicted molar refractivity (Wildman–Crippen MR) is 66.1 cm³/mol. The summed E-state index contributed by atoms with van der Waals surface area (Å²) in [6.07, 6.45) is 1.90. The van der Waals surface area contributed by atoms with Crippen LogP contribution in [0.3, 0.4) is 0 Å². The van der Waals surface area contributed by atoms with Crippen LogP contribution in [-0.4, -0.2) is 47.3 Å². The van der Waals surface area contributed by atoms with Crippen molar-refractivity contribution in [3.05, 3.63) is 11.8 Å². The van der Waals surface area contributed by atoms with Crippen LogP contribution in [0.4, 0.5) is 5.88 Å². The summed E-state index contributed by atoms with van der Waals surface area (Å²) in [4.78, 5) is 13.8. The van der Waals surface area contributed by atoms with E-state index in [1.807, 2.05) is 0 Å². The zero-order valence-corrected chi connectivity index (χ0v) is 10.6. The van der Waals surface area contributed by atoms with Gasteiger partial charge in [0.1, 0.15) is 0 Å². The lowest BCUT2D eigenvalue weighted by Crippen LogP contribution is -2.39. The van der Waals surface area contributed by atoms with Crippen molar-refractivity contribution in [3.63, 3.8) is 0 Å². The van der Waals surface area contributed by atoms with Gasteiger partial charge in [-0.05, 0) is 38.8 Å². The Morgan fingerprint density at radius 2 is 2.33 bits per heavy atom. The molecule has 1 aromatic rings. The van der Waals surface area contributed by atoms with E-state index in [0.717, 1.165) is 31.6 Å². The number of aryl methyl sites for hydroxylation is 1. The first-order valence-corrected chi connectivity index (χ1v) is 6.23. The third-order valence-electron chi connectivity index (χ3n) is 3.22. The first-order chi connectivity index (χ1) is 8.67. The van der Waals surface area contributed by atoms with Gasteiger partial charge in [0.25, 0.3) is 0 Å². The molecule has 6 heteroatoms. The molecule has 2 rings (SSSR count). The number of amides is 1. The third kappa shape index (κ3) is 3.54. The van der Waals surface area contributed by atoms with Crippen LogP contribution >= 0.6 is 0 Å². The molecule has 18 heavy (non-hydrogen) atoms. The van der Waals surface area contributed by atoms with Gasteiger partial charge in [-0.1, -0.05) is 5.16 Å². The average Bonchev–Trinajstić information content (AvgIpc) is 2.75. The predicted octanol–water partition coefficient (Wildman–Crippen LogP) is 0.626. The Morgan fingerprint density at radius 1 is 1.61 bits per heavy atom. The second-order valence-corrected chi connectivity index (χ2v) is 4.78. The molecule has 0 saturated carbocycles. The number of carbonyl (C=O) groups is 1. The molecule has 1 aromatic heterocycles. The van der Waals surface area contributed by atoms with E-state index in [1.165, 1.54) is 0 Å². The molecule has 0 unspecified atom stereocenters. The van der Waals surface area contributed by atoms with Crippen molar-refractivity contribution in [2.24, 2.45) is 5.92 Å². The second-order valence-electron chi connectivity index (χ2n) is 4.78. The second kappa shape index (κ2) is 5.97.